The third kappa shape index (κ3) is 2.14. The lowest BCUT2D eigenvalue weighted by Gasteiger charge is -2.09. The minimum Gasteiger partial charge on any atom is -0.325 e. The molecule has 1 aliphatic rings. The van der Waals surface area contributed by atoms with Gasteiger partial charge < -0.3 is 10.6 Å². The molecule has 0 saturated heterocycles. The highest BCUT2D eigenvalue weighted by Gasteiger charge is 2.21. The van der Waals surface area contributed by atoms with Crippen molar-refractivity contribution < 1.29 is 9.59 Å². The Morgan fingerprint density at radius 2 is 2.25 bits per heavy atom. The zero-order chi connectivity index (χ0) is 14.3. The zero-order valence-corrected chi connectivity index (χ0v) is 11.3. The Morgan fingerprint density at radius 1 is 1.45 bits per heavy atom. The van der Waals surface area contributed by atoms with Gasteiger partial charge in [0.05, 0.1) is 28.9 Å². The van der Waals surface area contributed by atoms with Gasteiger partial charge in [0, 0.05) is 11.4 Å². The summed E-state index contributed by atoms with van der Waals surface area (Å²) in [4.78, 5) is 23.4. The van der Waals surface area contributed by atoms with Crippen LogP contribution in [0.4, 0.5) is 11.4 Å². The van der Waals surface area contributed by atoms with Crippen molar-refractivity contribution in [3.8, 4) is 0 Å². The van der Waals surface area contributed by atoms with Crippen LogP contribution in [0.1, 0.15) is 21.6 Å². The Morgan fingerprint density at radius 3 is 2.95 bits per heavy atom. The molecule has 0 bridgehead atoms. The van der Waals surface area contributed by atoms with Gasteiger partial charge in [-0.1, -0.05) is 11.6 Å². The number of fused-ring (bicyclic) bond motifs is 1. The highest BCUT2D eigenvalue weighted by atomic mass is 35.5. The Hall–Kier alpha value is -2.34. The molecule has 3 N–H and O–H groups in total. The van der Waals surface area contributed by atoms with Crippen LogP contribution < -0.4 is 10.6 Å². The van der Waals surface area contributed by atoms with E-state index in [2.05, 4.69) is 20.8 Å². The molecule has 2 aromatic rings. The average molecular weight is 291 g/mol. The van der Waals surface area contributed by atoms with Gasteiger partial charge >= 0.3 is 0 Å². The van der Waals surface area contributed by atoms with Crippen molar-refractivity contribution in [2.24, 2.45) is 0 Å². The van der Waals surface area contributed by atoms with Crippen LogP contribution in [0.3, 0.4) is 0 Å². The monoisotopic (exact) mass is 290 g/mol. The minimum atomic E-state index is -0.296. The number of rotatable bonds is 2. The predicted molar refractivity (Wildman–Crippen MR) is 75.1 cm³/mol. The van der Waals surface area contributed by atoms with Crippen LogP contribution in [0.2, 0.25) is 5.02 Å². The number of carbonyl (C=O) groups is 2. The van der Waals surface area contributed by atoms with E-state index < -0.39 is 0 Å². The van der Waals surface area contributed by atoms with Gasteiger partial charge in [-0.2, -0.15) is 5.10 Å². The number of amides is 2. The van der Waals surface area contributed by atoms with Crippen molar-refractivity contribution in [3.05, 3.63) is 40.2 Å². The van der Waals surface area contributed by atoms with E-state index in [1.165, 1.54) is 6.20 Å². The van der Waals surface area contributed by atoms with Gasteiger partial charge in [0.2, 0.25) is 5.91 Å². The third-order valence-electron chi connectivity index (χ3n) is 3.14. The largest absolute Gasteiger partial charge is 0.325 e. The minimum absolute atomic E-state index is 0.0785. The fourth-order valence-electron chi connectivity index (χ4n) is 2.11. The number of anilines is 2. The predicted octanol–water partition coefficient (Wildman–Crippen LogP) is 2.12. The van der Waals surface area contributed by atoms with Crippen molar-refractivity contribution in [1.82, 2.24) is 10.2 Å². The van der Waals surface area contributed by atoms with Crippen molar-refractivity contribution in [1.29, 1.82) is 0 Å². The van der Waals surface area contributed by atoms with Crippen LogP contribution in [0.25, 0.3) is 0 Å². The smallest absolute Gasteiger partial charge is 0.259 e. The number of halogens is 1. The molecule has 0 aliphatic carbocycles. The molecule has 1 aliphatic heterocycles. The summed E-state index contributed by atoms with van der Waals surface area (Å²) in [5, 5.41) is 12.3. The molecule has 1 aromatic carbocycles. The second kappa shape index (κ2) is 4.64. The number of H-pyrrole nitrogens is 1. The molecule has 2 amide bonds. The molecule has 2 heterocycles. The number of carbonyl (C=O) groups excluding carboxylic acids is 2. The van der Waals surface area contributed by atoms with E-state index in [-0.39, 0.29) is 11.8 Å². The number of nitrogens with one attached hydrogen (secondary N) is 3. The van der Waals surface area contributed by atoms with E-state index in [4.69, 9.17) is 11.6 Å². The Kier molecular flexibility index (Phi) is 2.94. The fourth-order valence-corrected chi connectivity index (χ4v) is 2.32. The highest BCUT2D eigenvalue weighted by molar-refractivity contribution is 6.34. The van der Waals surface area contributed by atoms with Crippen molar-refractivity contribution in [2.45, 2.75) is 13.3 Å². The number of hydrogen-bond donors (Lipinski definition) is 3. The van der Waals surface area contributed by atoms with E-state index in [9.17, 15) is 9.59 Å². The third-order valence-corrected chi connectivity index (χ3v) is 3.45. The summed E-state index contributed by atoms with van der Waals surface area (Å²) in [5.74, 6) is -0.374. The van der Waals surface area contributed by atoms with Crippen molar-refractivity contribution in [3.63, 3.8) is 0 Å². The van der Waals surface area contributed by atoms with Crippen LogP contribution in [0.15, 0.2) is 18.3 Å². The summed E-state index contributed by atoms with van der Waals surface area (Å²) < 4.78 is 0. The highest BCUT2D eigenvalue weighted by Crippen LogP contribution is 2.33. The van der Waals surface area contributed by atoms with Gasteiger partial charge in [0.15, 0.2) is 0 Å². The van der Waals surface area contributed by atoms with Gasteiger partial charge in [-0.3, -0.25) is 14.7 Å². The molecule has 3 rings (SSSR count). The van der Waals surface area contributed by atoms with E-state index in [0.29, 0.717) is 34.1 Å². The Bertz CT molecular complexity index is 723. The number of benzene rings is 1. The lowest BCUT2D eigenvalue weighted by atomic mass is 10.1. The summed E-state index contributed by atoms with van der Waals surface area (Å²) in [6.07, 6.45) is 1.75. The van der Waals surface area contributed by atoms with Crippen LogP contribution in [-0.4, -0.2) is 22.0 Å². The molecule has 102 valence electrons. The summed E-state index contributed by atoms with van der Waals surface area (Å²) in [6, 6.07) is 3.35. The number of hydrogen-bond acceptors (Lipinski definition) is 3. The topological polar surface area (TPSA) is 86.9 Å². The second-order valence-electron chi connectivity index (χ2n) is 4.58. The number of aromatic amines is 1. The van der Waals surface area contributed by atoms with Crippen LogP contribution in [0, 0.1) is 6.92 Å². The van der Waals surface area contributed by atoms with Crippen LogP contribution in [0.5, 0.6) is 0 Å². The first-order chi connectivity index (χ1) is 9.54. The fraction of sp³-hybridized carbons (Fsp3) is 0.154. The lowest BCUT2D eigenvalue weighted by molar-refractivity contribution is -0.115. The quantitative estimate of drug-likeness (QED) is 0.792. The molecule has 6 nitrogen and oxygen atoms in total. The maximum atomic E-state index is 12.1. The first-order valence-electron chi connectivity index (χ1n) is 5.98. The molecule has 0 radical (unpaired) electrons. The van der Waals surface area contributed by atoms with E-state index in [1.54, 1.807) is 19.1 Å². The van der Waals surface area contributed by atoms with Gasteiger partial charge in [0.1, 0.15) is 0 Å². The molecular weight excluding hydrogens is 280 g/mol. The summed E-state index contributed by atoms with van der Waals surface area (Å²) in [7, 11) is 0. The molecular formula is C13H11ClN4O2. The molecule has 20 heavy (non-hydrogen) atoms. The summed E-state index contributed by atoms with van der Waals surface area (Å²) in [5.41, 5.74) is 3.12. The first-order valence-corrected chi connectivity index (χ1v) is 6.36. The molecule has 0 saturated carbocycles. The number of aromatic nitrogens is 2. The van der Waals surface area contributed by atoms with Gasteiger partial charge in [-0.05, 0) is 24.6 Å². The standard InChI is InChI=1S/C13H11ClN4O2/c1-6-8(5-15-18-6)13(20)17-11-2-7-3-12(19)16-10(7)4-9(11)14/h2,4-5H,3H2,1H3,(H,15,18)(H,16,19)(H,17,20). The summed E-state index contributed by atoms with van der Waals surface area (Å²) >= 11 is 6.11. The lowest BCUT2D eigenvalue weighted by Crippen LogP contribution is -2.12. The zero-order valence-electron chi connectivity index (χ0n) is 10.6. The Balaban J connectivity index is 1.89. The van der Waals surface area contributed by atoms with E-state index >= 15 is 0 Å². The maximum Gasteiger partial charge on any atom is 0.259 e. The molecule has 0 atom stereocenters. The molecule has 0 spiro atoms. The van der Waals surface area contributed by atoms with E-state index in [1.807, 2.05) is 0 Å². The van der Waals surface area contributed by atoms with Gasteiger partial charge in [-0.25, -0.2) is 0 Å². The van der Waals surface area contributed by atoms with Gasteiger partial charge in [0.25, 0.3) is 5.91 Å². The molecule has 1 aromatic heterocycles. The number of aryl methyl sites for hydroxylation is 1. The average Bonchev–Trinajstić information content (AvgIpc) is 2.94. The normalized spacial score (nSPS) is 13.0. The first kappa shape index (κ1) is 12.7. The second-order valence-corrected chi connectivity index (χ2v) is 4.98. The van der Waals surface area contributed by atoms with Crippen LogP contribution in [-0.2, 0) is 11.2 Å². The molecule has 0 fully saturated rings. The van der Waals surface area contributed by atoms with Gasteiger partial charge in [-0.15, -0.1) is 0 Å². The summed E-state index contributed by atoms with van der Waals surface area (Å²) in [6.45, 7) is 1.76. The SMILES string of the molecule is Cc1[nH]ncc1C(=O)Nc1cc2c(cc1Cl)NC(=O)C2. The van der Waals surface area contributed by atoms with Crippen molar-refractivity contribution >= 4 is 34.8 Å². The molecule has 7 heteroatoms. The van der Waals surface area contributed by atoms with Crippen LogP contribution >= 0.6 is 11.6 Å². The number of nitrogens with zero attached hydrogens (tertiary/aromatic N) is 1. The van der Waals surface area contributed by atoms with E-state index in [0.717, 1.165) is 5.56 Å². The Labute approximate surface area is 119 Å². The van der Waals surface area contributed by atoms with Crippen molar-refractivity contribution in [2.75, 3.05) is 10.6 Å². The molecule has 0 unspecified atom stereocenters. The maximum absolute atomic E-state index is 12.1.